The maximum absolute atomic E-state index is 13.0. The Kier molecular flexibility index (Phi) is 5.19. The molecule has 0 fully saturated rings. The van der Waals surface area contributed by atoms with Crippen LogP contribution in [0.2, 0.25) is 0 Å². The number of nitrogens with one attached hydrogen (secondary N) is 1. The minimum absolute atomic E-state index is 0.122. The molecule has 0 spiro atoms. The van der Waals surface area contributed by atoms with Gasteiger partial charge in [0, 0.05) is 5.69 Å². The Labute approximate surface area is 180 Å². The van der Waals surface area contributed by atoms with Gasteiger partial charge in [0.2, 0.25) is 5.91 Å². The van der Waals surface area contributed by atoms with Gasteiger partial charge in [-0.15, -0.1) is 0 Å². The lowest BCUT2D eigenvalue weighted by molar-refractivity contribution is -0.116. The lowest BCUT2D eigenvalue weighted by atomic mass is 10.1. The number of hydrogen-bond acceptors (Lipinski definition) is 4. The van der Waals surface area contributed by atoms with E-state index in [0.717, 1.165) is 39.2 Å². The Morgan fingerprint density at radius 3 is 2.45 bits per heavy atom. The van der Waals surface area contributed by atoms with Crippen molar-refractivity contribution in [2.75, 3.05) is 5.32 Å². The first kappa shape index (κ1) is 20.5. The summed E-state index contributed by atoms with van der Waals surface area (Å²) in [5, 5.41) is 7.69. The van der Waals surface area contributed by atoms with Crippen molar-refractivity contribution in [1.82, 2.24) is 19.3 Å². The molecule has 0 atom stereocenters. The van der Waals surface area contributed by atoms with E-state index in [2.05, 4.69) is 15.4 Å². The zero-order chi connectivity index (χ0) is 22.3. The van der Waals surface area contributed by atoms with Crippen LogP contribution in [0.15, 0.2) is 47.7 Å². The van der Waals surface area contributed by atoms with E-state index in [1.165, 1.54) is 17.1 Å². The molecule has 7 nitrogen and oxygen atoms in total. The maximum Gasteiger partial charge on any atom is 0.264 e. The number of hydrogen-bond donors (Lipinski definition) is 1. The van der Waals surface area contributed by atoms with Gasteiger partial charge < -0.3 is 5.32 Å². The Morgan fingerprint density at radius 2 is 1.74 bits per heavy atom. The number of aryl methyl sites for hydroxylation is 4. The Bertz CT molecular complexity index is 1360. The zero-order valence-corrected chi connectivity index (χ0v) is 18.4. The summed E-state index contributed by atoms with van der Waals surface area (Å²) in [4.78, 5) is 30.1. The summed E-state index contributed by atoms with van der Waals surface area (Å²) in [5.74, 6) is -0.278. The van der Waals surface area contributed by atoms with Crippen LogP contribution < -0.4 is 10.9 Å². The smallest absolute Gasteiger partial charge is 0.264 e. The molecule has 4 aromatic rings. The first-order valence-corrected chi connectivity index (χ1v) is 10.1. The molecule has 31 heavy (non-hydrogen) atoms. The van der Waals surface area contributed by atoms with Gasteiger partial charge in [-0.2, -0.15) is 5.10 Å². The van der Waals surface area contributed by atoms with Gasteiger partial charge in [0.1, 0.15) is 18.3 Å². The van der Waals surface area contributed by atoms with Crippen LogP contribution in [-0.2, 0) is 11.3 Å². The zero-order valence-electron chi connectivity index (χ0n) is 18.4. The van der Waals surface area contributed by atoms with Crippen molar-refractivity contribution in [3.8, 4) is 5.69 Å². The van der Waals surface area contributed by atoms with E-state index in [0.29, 0.717) is 11.0 Å². The highest BCUT2D eigenvalue weighted by Crippen LogP contribution is 2.22. The third-order valence-corrected chi connectivity index (χ3v) is 5.61. The van der Waals surface area contributed by atoms with Gasteiger partial charge in [0.15, 0.2) is 5.65 Å². The minimum atomic E-state index is -0.297. The third-order valence-electron chi connectivity index (χ3n) is 5.61. The number of carbonyl (C=O) groups excluding carboxylic acids is 1. The van der Waals surface area contributed by atoms with Gasteiger partial charge in [0.05, 0.1) is 11.9 Å². The molecule has 1 N–H and O–H groups in total. The molecule has 158 valence electrons. The standard InChI is InChI=1S/C24H25N5O2/c1-14-9-16(3)22(17(4)10-14)27-21(30)12-28-13-25-23-19(24(28)31)11-26-29(23)20-8-6-7-15(2)18(20)5/h6-11,13H,12H2,1-5H3,(H,27,30). The van der Waals surface area contributed by atoms with Gasteiger partial charge in [-0.25, -0.2) is 9.67 Å². The second kappa shape index (κ2) is 7.83. The number of carbonyl (C=O) groups is 1. The number of anilines is 1. The topological polar surface area (TPSA) is 81.8 Å². The van der Waals surface area contributed by atoms with Crippen LogP contribution in [0.5, 0.6) is 0 Å². The van der Waals surface area contributed by atoms with Gasteiger partial charge >= 0.3 is 0 Å². The number of fused-ring (bicyclic) bond motifs is 1. The highest BCUT2D eigenvalue weighted by Gasteiger charge is 2.15. The van der Waals surface area contributed by atoms with E-state index in [1.807, 2.05) is 65.0 Å². The van der Waals surface area contributed by atoms with Crippen LogP contribution in [0.1, 0.15) is 27.8 Å². The van der Waals surface area contributed by atoms with Crippen molar-refractivity contribution >= 4 is 22.6 Å². The number of rotatable bonds is 4. The first-order chi connectivity index (χ1) is 14.8. The van der Waals surface area contributed by atoms with Crippen molar-refractivity contribution in [1.29, 1.82) is 0 Å². The number of nitrogens with zero attached hydrogens (tertiary/aromatic N) is 4. The molecule has 1 amide bonds. The fraction of sp³-hybridized carbons (Fsp3) is 0.250. The molecule has 0 aliphatic carbocycles. The van der Waals surface area contributed by atoms with Gasteiger partial charge in [-0.3, -0.25) is 14.2 Å². The number of amides is 1. The highest BCUT2D eigenvalue weighted by molar-refractivity contribution is 5.92. The quantitative estimate of drug-likeness (QED) is 0.550. The third kappa shape index (κ3) is 3.74. The van der Waals surface area contributed by atoms with Gasteiger partial charge in [-0.1, -0.05) is 29.8 Å². The van der Waals surface area contributed by atoms with E-state index in [-0.39, 0.29) is 18.0 Å². The molecular formula is C24H25N5O2. The Balaban J connectivity index is 1.65. The van der Waals surface area contributed by atoms with Crippen molar-refractivity contribution < 1.29 is 4.79 Å². The second-order valence-corrected chi connectivity index (χ2v) is 8.01. The largest absolute Gasteiger partial charge is 0.324 e. The normalized spacial score (nSPS) is 11.1. The molecule has 2 heterocycles. The molecule has 0 bridgehead atoms. The average Bonchev–Trinajstić information content (AvgIpc) is 3.13. The maximum atomic E-state index is 13.0. The van der Waals surface area contributed by atoms with E-state index >= 15 is 0 Å². The molecule has 2 aromatic carbocycles. The summed E-state index contributed by atoms with van der Waals surface area (Å²) in [5.41, 5.74) is 7.15. The van der Waals surface area contributed by atoms with E-state index in [1.54, 1.807) is 4.68 Å². The van der Waals surface area contributed by atoms with Crippen LogP contribution in [0.3, 0.4) is 0 Å². The van der Waals surface area contributed by atoms with Gasteiger partial charge in [0.25, 0.3) is 5.56 Å². The van der Waals surface area contributed by atoms with E-state index in [9.17, 15) is 9.59 Å². The van der Waals surface area contributed by atoms with Crippen LogP contribution >= 0.6 is 0 Å². The molecule has 7 heteroatoms. The molecule has 0 aliphatic heterocycles. The van der Waals surface area contributed by atoms with Crippen molar-refractivity contribution in [3.05, 3.63) is 81.0 Å². The molecule has 0 aliphatic rings. The Morgan fingerprint density at radius 1 is 1.03 bits per heavy atom. The molecule has 0 saturated carbocycles. The number of aromatic nitrogens is 4. The van der Waals surface area contributed by atoms with Crippen molar-refractivity contribution in [2.24, 2.45) is 0 Å². The molecule has 2 aromatic heterocycles. The van der Waals surface area contributed by atoms with Crippen LogP contribution in [0.25, 0.3) is 16.7 Å². The predicted molar refractivity (Wildman–Crippen MR) is 122 cm³/mol. The van der Waals surface area contributed by atoms with Crippen LogP contribution in [0, 0.1) is 34.6 Å². The van der Waals surface area contributed by atoms with Crippen LogP contribution in [-0.4, -0.2) is 25.2 Å². The molecule has 4 rings (SSSR count). The highest BCUT2D eigenvalue weighted by atomic mass is 16.2. The predicted octanol–water partition coefficient (Wildman–Crippen LogP) is 3.76. The summed E-state index contributed by atoms with van der Waals surface area (Å²) < 4.78 is 2.98. The second-order valence-electron chi connectivity index (χ2n) is 8.01. The van der Waals surface area contributed by atoms with Crippen LogP contribution in [0.4, 0.5) is 5.69 Å². The Hall–Kier alpha value is -3.74. The van der Waals surface area contributed by atoms with Gasteiger partial charge in [-0.05, 0) is 62.9 Å². The van der Waals surface area contributed by atoms with Crippen molar-refractivity contribution in [3.63, 3.8) is 0 Å². The van der Waals surface area contributed by atoms with E-state index in [4.69, 9.17) is 0 Å². The molecule has 0 radical (unpaired) electrons. The summed E-state index contributed by atoms with van der Waals surface area (Å²) in [7, 11) is 0. The monoisotopic (exact) mass is 415 g/mol. The SMILES string of the molecule is Cc1cc(C)c(NC(=O)Cn2cnc3c(cnn3-c3cccc(C)c3C)c2=O)c(C)c1. The summed E-state index contributed by atoms with van der Waals surface area (Å²) in [6, 6.07) is 9.96. The minimum Gasteiger partial charge on any atom is -0.324 e. The number of benzene rings is 2. The summed E-state index contributed by atoms with van der Waals surface area (Å²) >= 11 is 0. The summed E-state index contributed by atoms with van der Waals surface area (Å²) in [6.07, 6.45) is 2.91. The molecular weight excluding hydrogens is 390 g/mol. The van der Waals surface area contributed by atoms with E-state index < -0.39 is 0 Å². The lowest BCUT2D eigenvalue weighted by Gasteiger charge is -2.13. The fourth-order valence-electron chi connectivity index (χ4n) is 3.91. The first-order valence-electron chi connectivity index (χ1n) is 10.1. The summed E-state index contributed by atoms with van der Waals surface area (Å²) in [6.45, 7) is 9.85. The lowest BCUT2D eigenvalue weighted by Crippen LogP contribution is -2.28. The average molecular weight is 415 g/mol. The molecule has 0 unspecified atom stereocenters. The van der Waals surface area contributed by atoms with Crippen molar-refractivity contribution in [2.45, 2.75) is 41.2 Å². The molecule has 0 saturated heterocycles. The fourth-order valence-corrected chi connectivity index (χ4v) is 3.91.